The molecule has 24 heavy (non-hydrogen) atoms. The van der Waals surface area contributed by atoms with Gasteiger partial charge in [-0.1, -0.05) is 30.3 Å². The predicted octanol–water partition coefficient (Wildman–Crippen LogP) is 3.34. The lowest BCUT2D eigenvalue weighted by Crippen LogP contribution is -2.38. The molecule has 5 nitrogen and oxygen atoms in total. The molecule has 5 heteroatoms. The number of ether oxygens (including phenoxy) is 1. The van der Waals surface area contributed by atoms with Crippen molar-refractivity contribution in [2.45, 2.75) is 26.5 Å². The van der Waals surface area contributed by atoms with E-state index in [1.54, 1.807) is 6.26 Å². The van der Waals surface area contributed by atoms with Crippen molar-refractivity contribution in [3.05, 3.63) is 59.5 Å². The Bertz CT molecular complexity index is 654. The number of urea groups is 1. The molecule has 1 fully saturated rings. The molecule has 1 aliphatic rings. The molecule has 1 atom stereocenters. The Morgan fingerprint density at radius 2 is 2.17 bits per heavy atom. The highest BCUT2D eigenvalue weighted by Gasteiger charge is 2.26. The maximum Gasteiger partial charge on any atom is 0.317 e. The number of furan rings is 1. The van der Waals surface area contributed by atoms with Crippen molar-refractivity contribution in [1.82, 2.24) is 10.2 Å². The van der Waals surface area contributed by atoms with E-state index in [0.717, 1.165) is 30.8 Å². The quantitative estimate of drug-likeness (QED) is 0.885. The number of nitrogens with zero attached hydrogens (tertiary/aromatic N) is 1. The van der Waals surface area contributed by atoms with Crippen LogP contribution in [0.1, 0.15) is 23.3 Å². The molecule has 1 aliphatic heterocycles. The van der Waals surface area contributed by atoms with E-state index in [4.69, 9.17) is 9.15 Å². The van der Waals surface area contributed by atoms with Crippen LogP contribution in [0.3, 0.4) is 0 Å². The van der Waals surface area contributed by atoms with Gasteiger partial charge in [0.1, 0.15) is 5.76 Å². The second-order valence-corrected chi connectivity index (χ2v) is 6.26. The van der Waals surface area contributed by atoms with E-state index in [9.17, 15) is 4.79 Å². The van der Waals surface area contributed by atoms with Gasteiger partial charge in [0, 0.05) is 31.1 Å². The van der Waals surface area contributed by atoms with E-state index >= 15 is 0 Å². The number of nitrogens with one attached hydrogen (secondary N) is 1. The molecule has 0 spiro atoms. The fourth-order valence-corrected chi connectivity index (χ4v) is 2.95. The molecular formula is C19H24N2O3. The molecule has 0 aliphatic carbocycles. The Hall–Kier alpha value is -2.27. The summed E-state index contributed by atoms with van der Waals surface area (Å²) in [6.07, 6.45) is 2.64. The van der Waals surface area contributed by atoms with Crippen molar-refractivity contribution in [1.29, 1.82) is 0 Å². The van der Waals surface area contributed by atoms with Gasteiger partial charge < -0.3 is 19.4 Å². The Morgan fingerprint density at radius 3 is 2.92 bits per heavy atom. The summed E-state index contributed by atoms with van der Waals surface area (Å²) in [5.41, 5.74) is 2.20. The van der Waals surface area contributed by atoms with Gasteiger partial charge in [-0.25, -0.2) is 4.79 Å². The van der Waals surface area contributed by atoms with Crippen molar-refractivity contribution in [3.63, 3.8) is 0 Å². The van der Waals surface area contributed by atoms with Gasteiger partial charge in [-0.05, 0) is 25.0 Å². The van der Waals surface area contributed by atoms with Gasteiger partial charge in [0.05, 0.1) is 19.5 Å². The van der Waals surface area contributed by atoms with Crippen LogP contribution in [-0.2, 0) is 17.9 Å². The summed E-state index contributed by atoms with van der Waals surface area (Å²) in [5.74, 6) is 1.26. The Labute approximate surface area is 142 Å². The zero-order valence-electron chi connectivity index (χ0n) is 14.0. The molecule has 128 valence electrons. The third-order valence-corrected chi connectivity index (χ3v) is 4.43. The maximum atomic E-state index is 12.2. The van der Waals surface area contributed by atoms with Crippen LogP contribution in [0.25, 0.3) is 0 Å². The minimum absolute atomic E-state index is 0.0128. The number of amides is 2. The summed E-state index contributed by atoms with van der Waals surface area (Å²) in [7, 11) is 0. The van der Waals surface area contributed by atoms with Crippen LogP contribution in [0.15, 0.2) is 47.1 Å². The molecule has 1 unspecified atom stereocenters. The van der Waals surface area contributed by atoms with Crippen LogP contribution in [0.5, 0.6) is 0 Å². The highest BCUT2D eigenvalue weighted by Crippen LogP contribution is 2.17. The molecule has 2 heterocycles. The Balaban J connectivity index is 1.37. The Morgan fingerprint density at radius 1 is 1.33 bits per heavy atom. The summed E-state index contributed by atoms with van der Waals surface area (Å²) in [6, 6.07) is 12.0. The summed E-state index contributed by atoms with van der Waals surface area (Å²) in [5, 5.41) is 2.96. The van der Waals surface area contributed by atoms with Crippen LogP contribution >= 0.6 is 0 Å². The van der Waals surface area contributed by atoms with Crippen molar-refractivity contribution < 1.29 is 13.9 Å². The number of carbonyl (C=O) groups excluding carboxylic acids is 1. The van der Waals surface area contributed by atoms with Gasteiger partial charge in [0.15, 0.2) is 0 Å². The van der Waals surface area contributed by atoms with Crippen LogP contribution in [-0.4, -0.2) is 30.6 Å². The first-order chi connectivity index (χ1) is 11.7. The van der Waals surface area contributed by atoms with Crippen LogP contribution in [0.4, 0.5) is 4.79 Å². The number of aryl methyl sites for hydroxylation is 1. The first-order valence-corrected chi connectivity index (χ1v) is 8.40. The number of benzene rings is 1. The summed E-state index contributed by atoms with van der Waals surface area (Å²) in [6.45, 7) is 5.27. The van der Waals surface area contributed by atoms with E-state index in [2.05, 4.69) is 17.4 Å². The molecule has 2 aromatic rings. The Kier molecular flexibility index (Phi) is 5.54. The minimum Gasteiger partial charge on any atom is -0.469 e. The van der Waals surface area contributed by atoms with Gasteiger partial charge in [-0.3, -0.25) is 0 Å². The van der Waals surface area contributed by atoms with Gasteiger partial charge in [0.2, 0.25) is 0 Å². The second kappa shape index (κ2) is 8.02. The topological polar surface area (TPSA) is 54.7 Å². The zero-order chi connectivity index (χ0) is 16.8. The number of hydrogen-bond acceptors (Lipinski definition) is 3. The largest absolute Gasteiger partial charge is 0.469 e. The lowest BCUT2D eigenvalue weighted by molar-refractivity contribution is 0.0897. The standard InChI is InChI=1S/C19H24N2O3/c1-15-18(8-10-24-15)11-20-19(22)21-9-7-17(12-21)14-23-13-16-5-3-2-4-6-16/h2-6,8,10,17H,7,9,11-14H2,1H3,(H,20,22). The molecule has 0 saturated carbocycles. The van der Waals surface area contributed by atoms with Gasteiger partial charge in [0.25, 0.3) is 0 Å². The van der Waals surface area contributed by atoms with Crippen molar-refractivity contribution in [3.8, 4) is 0 Å². The average Bonchev–Trinajstić information content (AvgIpc) is 3.23. The number of hydrogen-bond donors (Lipinski definition) is 1. The summed E-state index contributed by atoms with van der Waals surface area (Å²) in [4.78, 5) is 14.1. The van der Waals surface area contributed by atoms with Crippen LogP contribution in [0.2, 0.25) is 0 Å². The lowest BCUT2D eigenvalue weighted by Gasteiger charge is -2.17. The lowest BCUT2D eigenvalue weighted by atomic mass is 10.1. The first kappa shape index (κ1) is 16.6. The van der Waals surface area contributed by atoms with Gasteiger partial charge in [-0.15, -0.1) is 0 Å². The highest BCUT2D eigenvalue weighted by atomic mass is 16.5. The third kappa shape index (κ3) is 4.38. The first-order valence-electron chi connectivity index (χ1n) is 8.40. The highest BCUT2D eigenvalue weighted by molar-refractivity contribution is 5.74. The predicted molar refractivity (Wildman–Crippen MR) is 91.5 cm³/mol. The van der Waals surface area contributed by atoms with Crippen molar-refractivity contribution >= 4 is 6.03 Å². The molecular weight excluding hydrogens is 304 g/mol. The van der Waals surface area contributed by atoms with Crippen molar-refractivity contribution in [2.75, 3.05) is 19.7 Å². The minimum atomic E-state index is -0.0128. The summed E-state index contributed by atoms with van der Waals surface area (Å²) < 4.78 is 11.0. The van der Waals surface area contributed by atoms with Gasteiger partial charge in [-0.2, -0.15) is 0 Å². The second-order valence-electron chi connectivity index (χ2n) is 6.26. The van der Waals surface area contributed by atoms with Crippen molar-refractivity contribution in [2.24, 2.45) is 5.92 Å². The normalized spacial score (nSPS) is 17.2. The fourth-order valence-electron chi connectivity index (χ4n) is 2.95. The molecule has 1 aromatic heterocycles. The third-order valence-electron chi connectivity index (χ3n) is 4.43. The molecule has 2 amide bonds. The van der Waals surface area contributed by atoms with E-state index in [1.165, 1.54) is 5.56 Å². The zero-order valence-corrected chi connectivity index (χ0v) is 14.0. The van der Waals surface area contributed by atoms with Gasteiger partial charge >= 0.3 is 6.03 Å². The number of likely N-dealkylation sites (tertiary alicyclic amines) is 1. The molecule has 1 N–H and O–H groups in total. The SMILES string of the molecule is Cc1occc1CNC(=O)N1CCC(COCc2ccccc2)C1. The fraction of sp³-hybridized carbons (Fsp3) is 0.421. The van der Waals surface area contributed by atoms with E-state index < -0.39 is 0 Å². The molecule has 1 saturated heterocycles. The molecule has 3 rings (SSSR count). The van der Waals surface area contributed by atoms with E-state index in [0.29, 0.717) is 25.7 Å². The van der Waals surface area contributed by atoms with Crippen LogP contribution < -0.4 is 5.32 Å². The maximum absolute atomic E-state index is 12.2. The summed E-state index contributed by atoms with van der Waals surface area (Å²) >= 11 is 0. The molecule has 0 radical (unpaired) electrons. The molecule has 0 bridgehead atoms. The number of carbonyl (C=O) groups is 1. The number of rotatable bonds is 6. The van der Waals surface area contributed by atoms with E-state index in [1.807, 2.05) is 36.1 Å². The van der Waals surface area contributed by atoms with Crippen LogP contribution in [0, 0.1) is 12.8 Å². The smallest absolute Gasteiger partial charge is 0.317 e. The molecule has 1 aromatic carbocycles. The monoisotopic (exact) mass is 328 g/mol. The van der Waals surface area contributed by atoms with E-state index in [-0.39, 0.29) is 6.03 Å². The average molecular weight is 328 g/mol.